The molecule has 0 bridgehead atoms. The van der Waals surface area contributed by atoms with Crippen LogP contribution < -0.4 is 9.75 Å². The molecule has 0 amide bonds. The summed E-state index contributed by atoms with van der Waals surface area (Å²) in [5.41, 5.74) is 3.71. The second-order valence-corrected chi connectivity index (χ2v) is 9.39. The molecule has 0 saturated heterocycles. The molecular weight excluding hydrogens is 507 g/mol. The summed E-state index contributed by atoms with van der Waals surface area (Å²) in [4.78, 5) is 4.64. The highest BCUT2D eigenvalue weighted by atomic mass is 35.5. The molecule has 37 heavy (non-hydrogen) atoms. The molecule has 5 aromatic rings. The molecule has 8 heteroatoms. The minimum atomic E-state index is 0.0328. The van der Waals surface area contributed by atoms with Crippen molar-refractivity contribution in [2.24, 2.45) is 5.10 Å². The van der Waals surface area contributed by atoms with Gasteiger partial charge < -0.3 is 9.26 Å². The molecule has 1 aromatic heterocycles. The Bertz CT molecular complexity index is 1530. The van der Waals surface area contributed by atoms with Crippen LogP contribution in [0.1, 0.15) is 23.9 Å². The first kappa shape index (κ1) is 23.3. The zero-order chi connectivity index (χ0) is 25.2. The standard InChI is InChI=1S/C29H20Cl2N4O2/c30-21-15-22(31)17-25(16-21)36-24-13-11-20(12-14-24)28-32-29(37-34-28)26-18-27(19-7-3-1-4-8-19)35(33-26)23-9-5-2-6-10-23/h1-17,27H,18H2. The predicted octanol–water partition coefficient (Wildman–Crippen LogP) is 8.19. The second-order valence-electron chi connectivity index (χ2n) is 8.51. The first-order valence-corrected chi connectivity index (χ1v) is 12.4. The van der Waals surface area contributed by atoms with Gasteiger partial charge in [0.1, 0.15) is 17.2 Å². The molecule has 182 valence electrons. The van der Waals surface area contributed by atoms with E-state index in [9.17, 15) is 0 Å². The molecule has 6 nitrogen and oxygen atoms in total. The van der Waals surface area contributed by atoms with Crippen molar-refractivity contribution in [3.8, 4) is 22.9 Å². The molecule has 1 atom stereocenters. The van der Waals surface area contributed by atoms with Crippen LogP contribution in [0.15, 0.2) is 113 Å². The Kier molecular flexibility index (Phi) is 6.35. The van der Waals surface area contributed by atoms with Crippen LogP contribution in [0.5, 0.6) is 11.5 Å². The lowest BCUT2D eigenvalue weighted by atomic mass is 10.0. The number of rotatable bonds is 6. The van der Waals surface area contributed by atoms with Gasteiger partial charge in [-0.2, -0.15) is 10.1 Å². The fourth-order valence-electron chi connectivity index (χ4n) is 4.25. The van der Waals surface area contributed by atoms with Gasteiger partial charge in [0.2, 0.25) is 5.82 Å². The maximum Gasteiger partial charge on any atom is 0.274 e. The molecule has 1 aliphatic heterocycles. The van der Waals surface area contributed by atoms with Crippen LogP contribution in [-0.4, -0.2) is 15.9 Å². The van der Waals surface area contributed by atoms with E-state index in [4.69, 9.17) is 37.6 Å². The Hall–Kier alpha value is -4.13. The van der Waals surface area contributed by atoms with E-state index in [0.717, 1.165) is 17.0 Å². The van der Waals surface area contributed by atoms with E-state index >= 15 is 0 Å². The van der Waals surface area contributed by atoms with E-state index in [1.165, 1.54) is 5.56 Å². The van der Waals surface area contributed by atoms with Crippen molar-refractivity contribution in [1.29, 1.82) is 0 Å². The summed E-state index contributed by atoms with van der Waals surface area (Å²) < 4.78 is 11.5. The van der Waals surface area contributed by atoms with Crippen LogP contribution in [0.4, 0.5) is 5.69 Å². The van der Waals surface area contributed by atoms with Crippen molar-refractivity contribution >= 4 is 34.6 Å². The molecular formula is C29H20Cl2N4O2. The van der Waals surface area contributed by atoms with Crippen LogP contribution in [0.2, 0.25) is 10.0 Å². The summed E-state index contributed by atoms with van der Waals surface area (Å²) in [7, 11) is 0. The topological polar surface area (TPSA) is 63.8 Å². The Balaban J connectivity index is 1.23. The number of para-hydroxylation sites is 1. The highest BCUT2D eigenvalue weighted by molar-refractivity contribution is 6.34. The first-order chi connectivity index (χ1) is 18.1. The molecule has 0 aliphatic carbocycles. The molecule has 0 saturated carbocycles. The normalized spacial score (nSPS) is 15.0. The Morgan fingerprint density at radius 1 is 0.784 bits per heavy atom. The van der Waals surface area contributed by atoms with Gasteiger partial charge in [-0.1, -0.05) is 76.9 Å². The monoisotopic (exact) mass is 526 g/mol. The SMILES string of the molecule is Clc1cc(Cl)cc(Oc2ccc(-c3noc(C4=NN(c5ccccc5)C(c5ccccc5)C4)n3)cc2)c1. The smallest absolute Gasteiger partial charge is 0.274 e. The fourth-order valence-corrected chi connectivity index (χ4v) is 4.75. The highest BCUT2D eigenvalue weighted by Gasteiger charge is 2.32. The van der Waals surface area contributed by atoms with Crippen molar-refractivity contribution in [3.63, 3.8) is 0 Å². The largest absolute Gasteiger partial charge is 0.457 e. The average Bonchev–Trinajstić information content (AvgIpc) is 3.58. The Labute approximate surface area is 223 Å². The summed E-state index contributed by atoms with van der Waals surface area (Å²) in [6.07, 6.45) is 0.648. The molecule has 6 rings (SSSR count). The number of hydrogen-bond donors (Lipinski definition) is 0. The van der Waals surface area contributed by atoms with E-state index in [1.54, 1.807) is 18.2 Å². The number of hydrazone groups is 1. The van der Waals surface area contributed by atoms with Gasteiger partial charge >= 0.3 is 0 Å². The van der Waals surface area contributed by atoms with Crippen LogP contribution >= 0.6 is 23.2 Å². The zero-order valence-electron chi connectivity index (χ0n) is 19.5. The third-order valence-electron chi connectivity index (χ3n) is 5.97. The van der Waals surface area contributed by atoms with Crippen LogP contribution in [-0.2, 0) is 0 Å². The van der Waals surface area contributed by atoms with Gasteiger partial charge in [-0.3, -0.25) is 5.01 Å². The summed E-state index contributed by atoms with van der Waals surface area (Å²) in [6, 6.07) is 32.9. The summed E-state index contributed by atoms with van der Waals surface area (Å²) in [5, 5.41) is 12.1. The molecule has 0 spiro atoms. The number of nitrogens with zero attached hydrogens (tertiary/aromatic N) is 4. The third-order valence-corrected chi connectivity index (χ3v) is 6.41. The maximum atomic E-state index is 6.06. The number of hydrogen-bond acceptors (Lipinski definition) is 6. The van der Waals surface area contributed by atoms with Gasteiger partial charge in [0.15, 0.2) is 0 Å². The fraction of sp³-hybridized carbons (Fsp3) is 0.0690. The molecule has 1 unspecified atom stereocenters. The molecule has 0 radical (unpaired) electrons. The van der Waals surface area contributed by atoms with Crippen molar-refractivity contribution in [2.45, 2.75) is 12.5 Å². The number of halogens is 2. The van der Waals surface area contributed by atoms with Crippen LogP contribution in [0.3, 0.4) is 0 Å². The average molecular weight is 527 g/mol. The summed E-state index contributed by atoms with van der Waals surface area (Å²) in [6.45, 7) is 0. The van der Waals surface area contributed by atoms with Crippen LogP contribution in [0.25, 0.3) is 11.4 Å². The van der Waals surface area contributed by atoms with Crippen molar-refractivity contribution < 1.29 is 9.26 Å². The molecule has 0 fully saturated rings. The zero-order valence-corrected chi connectivity index (χ0v) is 21.0. The van der Waals surface area contributed by atoms with E-state index in [0.29, 0.717) is 39.7 Å². The van der Waals surface area contributed by atoms with E-state index in [-0.39, 0.29) is 6.04 Å². The first-order valence-electron chi connectivity index (χ1n) is 11.7. The lowest BCUT2D eigenvalue weighted by Crippen LogP contribution is -2.18. The molecule has 4 aromatic carbocycles. The lowest BCUT2D eigenvalue weighted by Gasteiger charge is -2.23. The number of benzene rings is 4. The van der Waals surface area contributed by atoms with Crippen molar-refractivity contribution in [3.05, 3.63) is 125 Å². The van der Waals surface area contributed by atoms with Gasteiger partial charge in [-0.05, 0) is 60.2 Å². The molecule has 0 N–H and O–H groups in total. The van der Waals surface area contributed by atoms with Gasteiger partial charge in [0, 0.05) is 22.0 Å². The lowest BCUT2D eigenvalue weighted by molar-refractivity contribution is 0.411. The van der Waals surface area contributed by atoms with Gasteiger partial charge in [0.05, 0.1) is 11.7 Å². The number of ether oxygens (including phenoxy) is 1. The van der Waals surface area contributed by atoms with Crippen molar-refractivity contribution in [2.75, 3.05) is 5.01 Å². The minimum absolute atomic E-state index is 0.0328. The van der Waals surface area contributed by atoms with Crippen molar-refractivity contribution in [1.82, 2.24) is 10.1 Å². The minimum Gasteiger partial charge on any atom is -0.457 e. The van der Waals surface area contributed by atoms with E-state index in [2.05, 4.69) is 22.3 Å². The molecule has 2 heterocycles. The number of aromatic nitrogens is 2. The van der Waals surface area contributed by atoms with Gasteiger partial charge in [-0.15, -0.1) is 0 Å². The third kappa shape index (κ3) is 5.07. The van der Waals surface area contributed by atoms with E-state index < -0.39 is 0 Å². The summed E-state index contributed by atoms with van der Waals surface area (Å²) >= 11 is 12.1. The predicted molar refractivity (Wildman–Crippen MR) is 146 cm³/mol. The summed E-state index contributed by atoms with van der Waals surface area (Å²) in [5.74, 6) is 2.07. The highest BCUT2D eigenvalue weighted by Crippen LogP contribution is 2.36. The molecule has 1 aliphatic rings. The quantitative estimate of drug-likeness (QED) is 0.223. The number of anilines is 1. The Morgan fingerprint density at radius 3 is 2.16 bits per heavy atom. The van der Waals surface area contributed by atoms with Gasteiger partial charge in [-0.25, -0.2) is 0 Å². The van der Waals surface area contributed by atoms with Crippen LogP contribution in [0, 0.1) is 0 Å². The maximum absolute atomic E-state index is 6.06. The second kappa shape index (κ2) is 10.1. The Morgan fingerprint density at radius 2 is 1.46 bits per heavy atom. The van der Waals surface area contributed by atoms with E-state index in [1.807, 2.05) is 77.8 Å². The van der Waals surface area contributed by atoms with Gasteiger partial charge in [0.25, 0.3) is 5.89 Å².